The van der Waals surface area contributed by atoms with Crippen LogP contribution in [0, 0.1) is 6.92 Å². The molecule has 21 heavy (non-hydrogen) atoms. The quantitative estimate of drug-likeness (QED) is 0.775. The van der Waals surface area contributed by atoms with Crippen molar-refractivity contribution in [2.45, 2.75) is 42.5 Å². The Morgan fingerprint density at radius 2 is 1.90 bits per heavy atom. The SMILES string of the molecule is C=CC[C@H](CC)NS(=O)(=O)c1cc(S(C)(=O)=O)ccc1C. The minimum Gasteiger partial charge on any atom is -0.224 e. The second kappa shape index (κ2) is 6.72. The summed E-state index contributed by atoms with van der Waals surface area (Å²) in [5, 5.41) is 0. The first-order valence-corrected chi connectivity index (χ1v) is 9.93. The van der Waals surface area contributed by atoms with E-state index in [-0.39, 0.29) is 15.8 Å². The standard InChI is InChI=1S/C14H21NO4S2/c1-5-7-12(6-2)15-21(18,19)14-10-13(20(4,16)17)9-8-11(14)3/h5,8-10,12,15H,1,6-7H2,2-4H3/t12-/m0/s1. The van der Waals surface area contributed by atoms with Gasteiger partial charge in [-0.2, -0.15) is 0 Å². The van der Waals surface area contributed by atoms with Crippen LogP contribution >= 0.6 is 0 Å². The molecule has 1 atom stereocenters. The van der Waals surface area contributed by atoms with Crippen molar-refractivity contribution in [1.29, 1.82) is 0 Å². The Labute approximate surface area is 127 Å². The molecule has 0 fully saturated rings. The number of nitrogens with one attached hydrogen (secondary N) is 1. The molecule has 0 aliphatic rings. The van der Waals surface area contributed by atoms with Crippen molar-refractivity contribution in [1.82, 2.24) is 4.72 Å². The van der Waals surface area contributed by atoms with Gasteiger partial charge >= 0.3 is 0 Å². The monoisotopic (exact) mass is 331 g/mol. The average molecular weight is 331 g/mol. The van der Waals surface area contributed by atoms with Gasteiger partial charge in [0.25, 0.3) is 0 Å². The van der Waals surface area contributed by atoms with Crippen molar-refractivity contribution in [2.75, 3.05) is 6.26 Å². The maximum Gasteiger partial charge on any atom is 0.241 e. The maximum atomic E-state index is 12.4. The Morgan fingerprint density at radius 1 is 1.29 bits per heavy atom. The lowest BCUT2D eigenvalue weighted by atomic mass is 10.2. The van der Waals surface area contributed by atoms with Crippen molar-refractivity contribution >= 4 is 19.9 Å². The van der Waals surface area contributed by atoms with Crippen LogP contribution in [0.15, 0.2) is 40.6 Å². The fourth-order valence-electron chi connectivity index (χ4n) is 1.88. The predicted molar refractivity (Wildman–Crippen MR) is 83.5 cm³/mol. The van der Waals surface area contributed by atoms with Crippen LogP contribution < -0.4 is 4.72 Å². The number of sulfone groups is 1. The topological polar surface area (TPSA) is 80.3 Å². The van der Waals surface area contributed by atoms with Gasteiger partial charge in [-0.1, -0.05) is 19.1 Å². The molecule has 0 saturated carbocycles. The van der Waals surface area contributed by atoms with Crippen LogP contribution in [-0.4, -0.2) is 29.1 Å². The molecule has 1 aromatic rings. The van der Waals surface area contributed by atoms with Gasteiger partial charge in [-0.25, -0.2) is 21.6 Å². The number of hydrogen-bond donors (Lipinski definition) is 1. The summed E-state index contributed by atoms with van der Waals surface area (Å²) < 4.78 is 50.6. The highest BCUT2D eigenvalue weighted by Crippen LogP contribution is 2.21. The Bertz CT molecular complexity index is 721. The predicted octanol–water partition coefficient (Wildman–Crippen LogP) is 2.03. The third-order valence-corrected chi connectivity index (χ3v) is 5.92. The molecule has 5 nitrogen and oxygen atoms in total. The third kappa shape index (κ3) is 4.66. The third-order valence-electron chi connectivity index (χ3n) is 3.14. The summed E-state index contributed by atoms with van der Waals surface area (Å²) in [6, 6.07) is 3.85. The molecule has 0 bridgehead atoms. The average Bonchev–Trinajstić information content (AvgIpc) is 2.36. The number of benzene rings is 1. The van der Waals surface area contributed by atoms with E-state index in [1.807, 2.05) is 6.92 Å². The lowest BCUT2D eigenvalue weighted by molar-refractivity contribution is 0.540. The van der Waals surface area contributed by atoms with Crippen LogP contribution in [0.1, 0.15) is 25.3 Å². The summed E-state index contributed by atoms with van der Waals surface area (Å²) in [4.78, 5) is -0.0156. The second-order valence-corrected chi connectivity index (χ2v) is 8.65. The van der Waals surface area contributed by atoms with Gasteiger partial charge in [0.1, 0.15) is 0 Å². The zero-order chi connectivity index (χ0) is 16.3. The molecule has 7 heteroatoms. The summed E-state index contributed by atoms with van der Waals surface area (Å²) in [5.41, 5.74) is 0.503. The molecule has 0 saturated heterocycles. The highest BCUT2D eigenvalue weighted by atomic mass is 32.2. The first-order valence-electron chi connectivity index (χ1n) is 6.55. The molecule has 1 aromatic carbocycles. The van der Waals surface area contributed by atoms with Crippen LogP contribution in [0.2, 0.25) is 0 Å². The van der Waals surface area contributed by atoms with E-state index in [1.54, 1.807) is 13.0 Å². The molecule has 0 spiro atoms. The molecule has 0 radical (unpaired) electrons. The van der Waals surface area contributed by atoms with E-state index in [2.05, 4.69) is 11.3 Å². The minimum atomic E-state index is -3.77. The van der Waals surface area contributed by atoms with Crippen molar-refractivity contribution < 1.29 is 16.8 Å². The van der Waals surface area contributed by atoms with E-state index in [0.717, 1.165) is 6.26 Å². The van der Waals surface area contributed by atoms with Crippen LogP contribution in [0.3, 0.4) is 0 Å². The first-order chi connectivity index (χ1) is 9.61. The summed E-state index contributed by atoms with van der Waals surface area (Å²) in [6.45, 7) is 7.11. The fraction of sp³-hybridized carbons (Fsp3) is 0.429. The van der Waals surface area contributed by atoms with Gasteiger partial charge in [0.15, 0.2) is 9.84 Å². The molecule has 1 rings (SSSR count). The number of hydrogen-bond acceptors (Lipinski definition) is 4. The Hall–Kier alpha value is -1.18. The highest BCUT2D eigenvalue weighted by Gasteiger charge is 2.22. The lowest BCUT2D eigenvalue weighted by Crippen LogP contribution is -2.34. The number of rotatable bonds is 7. The smallest absolute Gasteiger partial charge is 0.224 e. The van der Waals surface area contributed by atoms with E-state index < -0.39 is 19.9 Å². The van der Waals surface area contributed by atoms with E-state index in [1.165, 1.54) is 18.2 Å². The van der Waals surface area contributed by atoms with Gasteiger partial charge in [0.2, 0.25) is 10.0 Å². The second-order valence-electron chi connectivity index (χ2n) is 4.95. The van der Waals surface area contributed by atoms with Gasteiger partial charge in [0, 0.05) is 12.3 Å². The molecule has 0 aliphatic carbocycles. The van der Waals surface area contributed by atoms with Gasteiger partial charge < -0.3 is 0 Å². The van der Waals surface area contributed by atoms with E-state index in [9.17, 15) is 16.8 Å². The molecule has 118 valence electrons. The largest absolute Gasteiger partial charge is 0.241 e. The van der Waals surface area contributed by atoms with Crippen molar-refractivity contribution in [2.24, 2.45) is 0 Å². The zero-order valence-corrected chi connectivity index (χ0v) is 14.1. The van der Waals surface area contributed by atoms with Crippen molar-refractivity contribution in [3.8, 4) is 0 Å². The molecular weight excluding hydrogens is 310 g/mol. The fourth-order valence-corrected chi connectivity index (χ4v) is 4.21. The van der Waals surface area contributed by atoms with E-state index in [0.29, 0.717) is 18.4 Å². The normalized spacial score (nSPS) is 13.9. The number of sulfonamides is 1. The molecule has 0 unspecified atom stereocenters. The van der Waals surface area contributed by atoms with Gasteiger partial charge in [-0.05, 0) is 37.5 Å². The van der Waals surface area contributed by atoms with Crippen LogP contribution in [0.5, 0.6) is 0 Å². The van der Waals surface area contributed by atoms with Crippen LogP contribution in [0.4, 0.5) is 0 Å². The molecule has 0 aromatic heterocycles. The molecule has 0 amide bonds. The summed E-state index contributed by atoms with van der Waals surface area (Å²) in [7, 11) is -7.22. The highest BCUT2D eigenvalue weighted by molar-refractivity contribution is 7.91. The summed E-state index contributed by atoms with van der Waals surface area (Å²) in [5.74, 6) is 0. The first kappa shape index (κ1) is 17.9. The van der Waals surface area contributed by atoms with Crippen molar-refractivity contribution in [3.63, 3.8) is 0 Å². The maximum absolute atomic E-state index is 12.4. The zero-order valence-electron chi connectivity index (χ0n) is 12.5. The van der Waals surface area contributed by atoms with Crippen LogP contribution in [0.25, 0.3) is 0 Å². The Morgan fingerprint density at radius 3 is 2.38 bits per heavy atom. The Balaban J connectivity index is 3.28. The van der Waals surface area contributed by atoms with Gasteiger partial charge in [-0.3, -0.25) is 0 Å². The molecular formula is C14H21NO4S2. The summed E-state index contributed by atoms with van der Waals surface area (Å²) >= 11 is 0. The molecule has 0 heterocycles. The minimum absolute atomic E-state index is 0.00654. The Kier molecular flexibility index (Phi) is 5.72. The summed E-state index contributed by atoms with van der Waals surface area (Å²) in [6.07, 6.45) is 3.83. The van der Waals surface area contributed by atoms with E-state index in [4.69, 9.17) is 0 Å². The number of aryl methyl sites for hydroxylation is 1. The van der Waals surface area contributed by atoms with Crippen LogP contribution in [-0.2, 0) is 19.9 Å². The van der Waals surface area contributed by atoms with Gasteiger partial charge in [-0.15, -0.1) is 6.58 Å². The molecule has 1 N–H and O–H groups in total. The van der Waals surface area contributed by atoms with Crippen molar-refractivity contribution in [3.05, 3.63) is 36.4 Å². The van der Waals surface area contributed by atoms with Gasteiger partial charge in [0.05, 0.1) is 9.79 Å². The molecule has 0 aliphatic heterocycles. The lowest BCUT2D eigenvalue weighted by Gasteiger charge is -2.17. The van der Waals surface area contributed by atoms with E-state index >= 15 is 0 Å².